The first-order valence-electron chi connectivity index (χ1n) is 14.0. The minimum Gasteiger partial charge on any atom is -0.342 e. The van der Waals surface area contributed by atoms with Gasteiger partial charge in [-0.15, -0.1) is 10.2 Å². The molecular formula is C31H33F3N6O3S. The van der Waals surface area contributed by atoms with Crippen molar-refractivity contribution in [3.8, 4) is 0 Å². The van der Waals surface area contributed by atoms with Crippen molar-refractivity contribution >= 4 is 40.0 Å². The lowest BCUT2D eigenvalue weighted by molar-refractivity contribution is -0.174. The second-order valence-corrected chi connectivity index (χ2v) is 11.4. The second kappa shape index (κ2) is 14.8. The zero-order chi connectivity index (χ0) is 31.7. The highest BCUT2D eigenvalue weighted by molar-refractivity contribution is 7.15. The summed E-state index contributed by atoms with van der Waals surface area (Å²) in [4.78, 5) is 36.2. The summed E-state index contributed by atoms with van der Waals surface area (Å²) < 4.78 is 39.7. The molecule has 0 aliphatic carbocycles. The summed E-state index contributed by atoms with van der Waals surface area (Å²) in [6.07, 6.45) is -1.39. The fourth-order valence-electron chi connectivity index (χ4n) is 4.57. The van der Waals surface area contributed by atoms with Crippen molar-refractivity contribution in [3.05, 3.63) is 94.1 Å². The van der Waals surface area contributed by atoms with E-state index in [4.69, 9.17) is 0 Å². The number of amides is 3. The SMILES string of the molecule is CC(NC(=O)C(F)(F)F)c1cccc(CC(=O)Nc2ccc(CCCCc3nnc(NC(=O)Cc4ccccc4)s3)n2C)c1. The molecule has 0 bridgehead atoms. The number of carbonyl (C=O) groups excluding carboxylic acids is 3. The van der Waals surface area contributed by atoms with Gasteiger partial charge in [0.05, 0.1) is 18.9 Å². The maximum Gasteiger partial charge on any atom is 0.471 e. The number of nitrogens with one attached hydrogen (secondary N) is 3. The number of hydrogen-bond acceptors (Lipinski definition) is 6. The maximum atomic E-state index is 12.7. The molecule has 9 nitrogen and oxygen atoms in total. The van der Waals surface area contributed by atoms with Crippen molar-refractivity contribution in [2.75, 3.05) is 10.6 Å². The van der Waals surface area contributed by atoms with Gasteiger partial charge in [-0.3, -0.25) is 14.4 Å². The minimum atomic E-state index is -4.97. The van der Waals surface area contributed by atoms with Crippen LogP contribution in [0.1, 0.15) is 53.2 Å². The van der Waals surface area contributed by atoms with Crippen LogP contribution in [0.3, 0.4) is 0 Å². The number of aromatic nitrogens is 3. The van der Waals surface area contributed by atoms with Crippen molar-refractivity contribution in [1.29, 1.82) is 0 Å². The Hall–Kier alpha value is -4.52. The summed E-state index contributed by atoms with van der Waals surface area (Å²) in [6.45, 7) is 1.45. The largest absolute Gasteiger partial charge is 0.471 e. The fraction of sp³-hybridized carbons (Fsp3) is 0.323. The summed E-state index contributed by atoms with van der Waals surface area (Å²) >= 11 is 1.37. The zero-order valence-electron chi connectivity index (χ0n) is 24.3. The van der Waals surface area contributed by atoms with Gasteiger partial charge in [-0.25, -0.2) is 0 Å². The monoisotopic (exact) mass is 626 g/mol. The third-order valence-corrected chi connectivity index (χ3v) is 7.81. The molecule has 0 spiro atoms. The first kappa shape index (κ1) is 32.4. The Morgan fingerprint density at radius 1 is 0.864 bits per heavy atom. The molecule has 0 aliphatic heterocycles. The smallest absolute Gasteiger partial charge is 0.342 e. The summed E-state index contributed by atoms with van der Waals surface area (Å²) in [5, 5.41) is 17.2. The van der Waals surface area contributed by atoms with Gasteiger partial charge in [0.25, 0.3) is 0 Å². The number of alkyl halides is 3. The van der Waals surface area contributed by atoms with Gasteiger partial charge >= 0.3 is 12.1 Å². The van der Waals surface area contributed by atoms with E-state index in [1.165, 1.54) is 18.3 Å². The van der Waals surface area contributed by atoms with Gasteiger partial charge in [-0.2, -0.15) is 13.2 Å². The van der Waals surface area contributed by atoms with Gasteiger partial charge in [0, 0.05) is 19.2 Å². The predicted octanol–water partition coefficient (Wildman–Crippen LogP) is 5.54. The maximum absolute atomic E-state index is 12.7. The minimum absolute atomic E-state index is 0.0187. The predicted molar refractivity (Wildman–Crippen MR) is 162 cm³/mol. The highest BCUT2D eigenvalue weighted by Gasteiger charge is 2.39. The van der Waals surface area contributed by atoms with E-state index in [1.807, 2.05) is 59.4 Å². The van der Waals surface area contributed by atoms with Crippen LogP contribution in [-0.4, -0.2) is 38.7 Å². The number of hydrogen-bond donors (Lipinski definition) is 3. The normalized spacial score (nSPS) is 12.0. The van der Waals surface area contributed by atoms with Gasteiger partial charge in [0.2, 0.25) is 16.9 Å². The van der Waals surface area contributed by atoms with E-state index in [2.05, 4.69) is 20.8 Å². The lowest BCUT2D eigenvalue weighted by Gasteiger charge is -2.16. The average Bonchev–Trinajstić information content (AvgIpc) is 3.56. The second-order valence-electron chi connectivity index (χ2n) is 10.4. The van der Waals surface area contributed by atoms with Crippen LogP contribution in [-0.2, 0) is 47.1 Å². The number of aryl methyl sites for hydroxylation is 2. The van der Waals surface area contributed by atoms with E-state index < -0.39 is 18.1 Å². The van der Waals surface area contributed by atoms with Gasteiger partial charge in [0.1, 0.15) is 10.8 Å². The summed E-state index contributed by atoms with van der Waals surface area (Å²) in [6, 6.07) is 18.9. The molecule has 0 fully saturated rings. The quantitative estimate of drug-likeness (QED) is 0.168. The topological polar surface area (TPSA) is 118 Å². The molecule has 4 aromatic rings. The van der Waals surface area contributed by atoms with Crippen LogP contribution < -0.4 is 16.0 Å². The zero-order valence-corrected chi connectivity index (χ0v) is 25.1. The number of anilines is 2. The fourth-order valence-corrected chi connectivity index (χ4v) is 5.37. The highest BCUT2D eigenvalue weighted by atomic mass is 32.1. The van der Waals surface area contributed by atoms with Crippen molar-refractivity contribution in [3.63, 3.8) is 0 Å². The molecule has 2 aromatic heterocycles. The Morgan fingerprint density at radius 3 is 2.30 bits per heavy atom. The van der Waals surface area contributed by atoms with Crippen molar-refractivity contribution in [1.82, 2.24) is 20.1 Å². The summed E-state index contributed by atoms with van der Waals surface area (Å²) in [5.41, 5.74) is 3.05. The molecule has 2 aromatic carbocycles. The average molecular weight is 627 g/mol. The number of rotatable bonds is 13. The Kier molecular flexibility index (Phi) is 10.9. The van der Waals surface area contributed by atoms with Crippen LogP contribution in [0.25, 0.3) is 0 Å². The van der Waals surface area contributed by atoms with Crippen molar-refractivity contribution < 1.29 is 27.6 Å². The van der Waals surface area contributed by atoms with Crippen LogP contribution >= 0.6 is 11.3 Å². The molecule has 1 atom stereocenters. The Morgan fingerprint density at radius 2 is 1.55 bits per heavy atom. The molecule has 3 amide bonds. The lowest BCUT2D eigenvalue weighted by atomic mass is 10.0. The molecule has 0 aliphatic rings. The third kappa shape index (κ3) is 9.49. The number of carbonyl (C=O) groups is 3. The molecule has 232 valence electrons. The Balaban J connectivity index is 1.20. The number of nitrogens with zero attached hydrogens (tertiary/aromatic N) is 3. The first-order chi connectivity index (χ1) is 21.0. The summed E-state index contributed by atoms with van der Waals surface area (Å²) in [7, 11) is 1.87. The molecule has 4 rings (SSSR count). The molecule has 3 N–H and O–H groups in total. The number of benzene rings is 2. The molecule has 0 saturated heterocycles. The standard InChI is InChI=1S/C31H33F3N6O3S/c1-20(35-29(43)31(32,33)34)23-12-8-11-22(17-23)19-26(41)36-25-16-15-24(40(25)2)13-6-7-14-28-38-39-30(44-28)37-27(42)18-21-9-4-3-5-10-21/h3-5,8-12,15-17,20H,6-7,13-14,18-19H2,1-2H3,(H,35,43)(H,36,41)(H,37,39,42). The van der Waals surface area contributed by atoms with Gasteiger partial charge < -0.3 is 20.5 Å². The van der Waals surface area contributed by atoms with Crippen molar-refractivity contribution in [2.24, 2.45) is 7.05 Å². The first-order valence-corrected chi connectivity index (χ1v) is 14.9. The van der Waals surface area contributed by atoms with Gasteiger partial charge in [-0.1, -0.05) is 65.9 Å². The van der Waals surface area contributed by atoms with Crippen LogP contribution in [0.2, 0.25) is 0 Å². The van der Waals surface area contributed by atoms with Crippen LogP contribution in [0.15, 0.2) is 66.7 Å². The molecule has 2 heterocycles. The number of halogens is 3. The van der Waals surface area contributed by atoms with Crippen LogP contribution in [0, 0.1) is 0 Å². The van der Waals surface area contributed by atoms with E-state index in [-0.39, 0.29) is 24.7 Å². The van der Waals surface area contributed by atoms with Crippen LogP contribution in [0.5, 0.6) is 0 Å². The van der Waals surface area contributed by atoms with Crippen LogP contribution in [0.4, 0.5) is 24.1 Å². The molecular weight excluding hydrogens is 593 g/mol. The highest BCUT2D eigenvalue weighted by Crippen LogP contribution is 2.21. The molecule has 1 unspecified atom stereocenters. The molecule has 44 heavy (non-hydrogen) atoms. The van der Waals surface area contributed by atoms with Gasteiger partial charge in [0.15, 0.2) is 0 Å². The van der Waals surface area contributed by atoms with E-state index in [0.717, 1.165) is 41.9 Å². The molecule has 13 heteroatoms. The molecule has 0 radical (unpaired) electrons. The van der Waals surface area contributed by atoms with Gasteiger partial charge in [-0.05, 0) is 55.0 Å². The Bertz CT molecular complexity index is 1590. The van der Waals surface area contributed by atoms with E-state index in [0.29, 0.717) is 22.1 Å². The molecule has 0 saturated carbocycles. The lowest BCUT2D eigenvalue weighted by Crippen LogP contribution is -2.38. The van der Waals surface area contributed by atoms with E-state index in [9.17, 15) is 27.6 Å². The third-order valence-electron chi connectivity index (χ3n) is 6.91. The van der Waals surface area contributed by atoms with E-state index in [1.54, 1.807) is 24.3 Å². The van der Waals surface area contributed by atoms with E-state index >= 15 is 0 Å². The summed E-state index contributed by atoms with van der Waals surface area (Å²) in [5.74, 6) is -1.79. The Labute approximate surface area is 256 Å². The van der Waals surface area contributed by atoms with Crippen molar-refractivity contribution in [2.45, 2.75) is 57.7 Å². The number of unbranched alkanes of at least 4 members (excludes halogenated alkanes) is 1.